The van der Waals surface area contributed by atoms with Gasteiger partial charge in [0.1, 0.15) is 17.0 Å². The van der Waals surface area contributed by atoms with Crippen molar-refractivity contribution < 1.29 is 23.8 Å². The highest BCUT2D eigenvalue weighted by Gasteiger charge is 2.16. The number of aromatic nitrogens is 1. The third-order valence-electron chi connectivity index (χ3n) is 4.56. The van der Waals surface area contributed by atoms with Crippen LogP contribution in [0.5, 0.6) is 11.5 Å². The van der Waals surface area contributed by atoms with E-state index in [9.17, 15) is 9.90 Å². The van der Waals surface area contributed by atoms with E-state index in [1.165, 1.54) is 0 Å². The molecule has 1 aromatic heterocycles. The van der Waals surface area contributed by atoms with Crippen LogP contribution in [0.1, 0.15) is 18.1 Å². The molecule has 0 fully saturated rings. The maximum Gasteiger partial charge on any atom is 0.342 e. The van der Waals surface area contributed by atoms with Gasteiger partial charge in [-0.25, -0.2) is 9.78 Å². The maximum absolute atomic E-state index is 11.9. The highest BCUT2D eigenvalue weighted by atomic mass is 35.5. The van der Waals surface area contributed by atoms with Crippen LogP contribution >= 0.6 is 23.4 Å². The second kappa shape index (κ2) is 10.5. The number of oxazole rings is 1. The normalized spacial score (nSPS) is 11.5. The molecule has 0 radical (unpaired) electrons. The van der Waals surface area contributed by atoms with Gasteiger partial charge in [0, 0.05) is 5.02 Å². The lowest BCUT2D eigenvalue weighted by Gasteiger charge is -2.13. The number of ether oxygens (including phenoxy) is 2. The van der Waals surface area contributed by atoms with Crippen LogP contribution in [0.4, 0.5) is 0 Å². The number of aliphatic carboxylic acids is 1. The summed E-state index contributed by atoms with van der Waals surface area (Å²) in [4.78, 5) is 16.3. The number of benzene rings is 3. The fraction of sp³-hybridized carbons (Fsp3) is 0.120. The van der Waals surface area contributed by atoms with Crippen LogP contribution in [0.25, 0.3) is 17.2 Å². The van der Waals surface area contributed by atoms with E-state index in [1.807, 2.05) is 37.3 Å². The monoisotopic (exact) mass is 481 g/mol. The number of hydrogen-bond donors (Lipinski definition) is 1. The molecule has 3 aromatic carbocycles. The Morgan fingerprint density at radius 1 is 1.09 bits per heavy atom. The van der Waals surface area contributed by atoms with Gasteiger partial charge in [0.2, 0.25) is 0 Å². The molecule has 0 aliphatic rings. The summed E-state index contributed by atoms with van der Waals surface area (Å²) in [6, 6.07) is 19.9. The van der Waals surface area contributed by atoms with E-state index in [-0.39, 0.29) is 10.1 Å². The summed E-state index contributed by atoms with van der Waals surface area (Å²) in [5, 5.41) is 10.6. The Morgan fingerprint density at radius 3 is 2.61 bits per heavy atom. The maximum atomic E-state index is 11.9. The zero-order valence-corrected chi connectivity index (χ0v) is 19.2. The topological polar surface area (TPSA) is 81.8 Å². The largest absolute Gasteiger partial charge is 0.490 e. The van der Waals surface area contributed by atoms with Crippen LogP contribution in [-0.4, -0.2) is 22.7 Å². The van der Waals surface area contributed by atoms with Gasteiger partial charge in [-0.3, -0.25) is 0 Å². The Bertz CT molecular complexity index is 1270. The molecule has 0 aliphatic heterocycles. The quantitative estimate of drug-likeness (QED) is 0.211. The first-order valence-corrected chi connectivity index (χ1v) is 11.3. The number of nitrogens with zero attached hydrogens (tertiary/aromatic N) is 1. The highest BCUT2D eigenvalue weighted by Crippen LogP contribution is 2.34. The van der Waals surface area contributed by atoms with E-state index >= 15 is 0 Å². The van der Waals surface area contributed by atoms with Crippen molar-refractivity contribution in [2.45, 2.75) is 18.8 Å². The van der Waals surface area contributed by atoms with Crippen molar-refractivity contribution in [3.63, 3.8) is 0 Å². The summed E-state index contributed by atoms with van der Waals surface area (Å²) in [5.41, 5.74) is 2.89. The SMILES string of the molecule is CCOc1cc(/C=C(\Sc2nc3ccccc3o2)C(=O)O)ccc1OCc1ccc(Cl)cc1. The van der Waals surface area contributed by atoms with E-state index < -0.39 is 5.97 Å². The van der Waals surface area contributed by atoms with Crippen molar-refractivity contribution in [3.05, 3.63) is 87.8 Å². The van der Waals surface area contributed by atoms with Gasteiger partial charge in [0.15, 0.2) is 17.1 Å². The average molecular weight is 482 g/mol. The van der Waals surface area contributed by atoms with Gasteiger partial charge in [-0.2, -0.15) is 0 Å². The van der Waals surface area contributed by atoms with Gasteiger partial charge in [0.05, 0.1) is 6.61 Å². The van der Waals surface area contributed by atoms with Gasteiger partial charge in [-0.15, -0.1) is 0 Å². The molecule has 168 valence electrons. The van der Waals surface area contributed by atoms with Crippen molar-refractivity contribution in [1.82, 2.24) is 4.98 Å². The Labute approximate surface area is 199 Å². The molecule has 4 rings (SSSR count). The molecule has 0 unspecified atom stereocenters. The minimum atomic E-state index is -1.08. The van der Waals surface area contributed by atoms with Crippen LogP contribution in [0.3, 0.4) is 0 Å². The Balaban J connectivity index is 1.55. The Hall–Kier alpha value is -3.42. The van der Waals surface area contributed by atoms with E-state index in [2.05, 4.69) is 4.98 Å². The molecule has 0 amide bonds. The van der Waals surface area contributed by atoms with Crippen molar-refractivity contribution >= 4 is 46.5 Å². The lowest BCUT2D eigenvalue weighted by Crippen LogP contribution is -2.00. The molecule has 0 saturated carbocycles. The number of carboxylic acids is 1. The molecule has 0 bridgehead atoms. The van der Waals surface area contributed by atoms with E-state index in [0.717, 1.165) is 17.3 Å². The molecule has 0 aliphatic carbocycles. The van der Waals surface area contributed by atoms with Gasteiger partial charge in [-0.1, -0.05) is 41.9 Å². The highest BCUT2D eigenvalue weighted by molar-refractivity contribution is 8.03. The van der Waals surface area contributed by atoms with Crippen LogP contribution in [0.15, 0.2) is 81.3 Å². The minimum absolute atomic E-state index is 0.0684. The van der Waals surface area contributed by atoms with Crippen molar-refractivity contribution in [2.75, 3.05) is 6.61 Å². The van der Waals surface area contributed by atoms with E-state index in [0.29, 0.717) is 46.4 Å². The first kappa shape index (κ1) is 22.8. The molecular formula is C25H20ClNO5S. The van der Waals surface area contributed by atoms with E-state index in [1.54, 1.807) is 42.5 Å². The first-order chi connectivity index (χ1) is 16.0. The zero-order chi connectivity index (χ0) is 23.2. The molecule has 6 nitrogen and oxygen atoms in total. The van der Waals surface area contributed by atoms with Crippen LogP contribution in [0, 0.1) is 0 Å². The molecule has 4 aromatic rings. The van der Waals surface area contributed by atoms with Crippen LogP contribution in [0.2, 0.25) is 5.02 Å². The molecule has 0 spiro atoms. The van der Waals surface area contributed by atoms with Gasteiger partial charge >= 0.3 is 5.97 Å². The van der Waals surface area contributed by atoms with Crippen molar-refractivity contribution in [1.29, 1.82) is 0 Å². The van der Waals surface area contributed by atoms with Gasteiger partial charge < -0.3 is 19.0 Å². The third kappa shape index (κ3) is 5.88. The first-order valence-electron chi connectivity index (χ1n) is 10.1. The number of fused-ring (bicyclic) bond motifs is 1. The smallest absolute Gasteiger partial charge is 0.342 e. The summed E-state index contributed by atoms with van der Waals surface area (Å²) in [7, 11) is 0. The molecule has 1 N–H and O–H groups in total. The zero-order valence-electron chi connectivity index (χ0n) is 17.7. The third-order valence-corrected chi connectivity index (χ3v) is 5.67. The summed E-state index contributed by atoms with van der Waals surface area (Å²) < 4.78 is 17.3. The van der Waals surface area contributed by atoms with Crippen molar-refractivity contribution in [3.8, 4) is 11.5 Å². The Kier molecular flexibility index (Phi) is 7.22. The molecular weight excluding hydrogens is 462 g/mol. The lowest BCUT2D eigenvalue weighted by molar-refractivity contribution is -0.131. The molecule has 1 heterocycles. The molecule has 0 atom stereocenters. The average Bonchev–Trinajstić information content (AvgIpc) is 3.22. The van der Waals surface area contributed by atoms with Gasteiger partial charge in [-0.05, 0) is 72.3 Å². The molecule has 33 heavy (non-hydrogen) atoms. The summed E-state index contributed by atoms with van der Waals surface area (Å²) >= 11 is 6.88. The predicted octanol–water partition coefficient (Wildman–Crippen LogP) is 6.68. The van der Waals surface area contributed by atoms with Crippen molar-refractivity contribution in [2.24, 2.45) is 0 Å². The summed E-state index contributed by atoms with van der Waals surface area (Å²) in [6.45, 7) is 2.66. The molecule has 8 heteroatoms. The van der Waals surface area contributed by atoms with Crippen LogP contribution in [-0.2, 0) is 11.4 Å². The number of hydrogen-bond acceptors (Lipinski definition) is 6. The number of halogens is 1. The predicted molar refractivity (Wildman–Crippen MR) is 129 cm³/mol. The number of rotatable bonds is 9. The second-order valence-electron chi connectivity index (χ2n) is 6.92. The molecule has 0 saturated heterocycles. The number of para-hydroxylation sites is 2. The van der Waals surface area contributed by atoms with Crippen LogP contribution < -0.4 is 9.47 Å². The fourth-order valence-corrected chi connectivity index (χ4v) is 3.89. The van der Waals surface area contributed by atoms with E-state index in [4.69, 9.17) is 25.5 Å². The summed E-state index contributed by atoms with van der Waals surface area (Å²) in [5.74, 6) is 0.00697. The van der Waals surface area contributed by atoms with Gasteiger partial charge in [0.25, 0.3) is 5.22 Å². The lowest BCUT2D eigenvalue weighted by atomic mass is 10.2. The number of thioether (sulfide) groups is 1. The minimum Gasteiger partial charge on any atom is -0.490 e. The number of carbonyl (C=O) groups is 1. The fourth-order valence-electron chi connectivity index (χ4n) is 3.02. The second-order valence-corrected chi connectivity index (χ2v) is 8.35. The standard InChI is InChI=1S/C25H20ClNO5S/c1-2-30-22-13-17(9-12-21(22)31-15-16-7-10-18(26)11-8-16)14-23(24(28)29)33-25-27-19-5-3-4-6-20(19)32-25/h3-14H,2,15H2,1H3,(H,28,29)/b23-14-. The Morgan fingerprint density at radius 2 is 1.88 bits per heavy atom. The number of carboxylic acid groups (broad SMARTS) is 1. The summed E-state index contributed by atoms with van der Waals surface area (Å²) in [6.07, 6.45) is 1.55.